The molecule has 1 aromatic carbocycles. The van der Waals surface area contributed by atoms with Gasteiger partial charge in [-0.15, -0.1) is 0 Å². The molecule has 0 aromatic heterocycles. The van der Waals surface area contributed by atoms with Crippen molar-refractivity contribution in [2.75, 3.05) is 33.8 Å². The van der Waals surface area contributed by atoms with Crippen LogP contribution in [0.25, 0.3) is 0 Å². The highest BCUT2D eigenvalue weighted by Gasteiger charge is 2.13. The molecule has 0 saturated heterocycles. The van der Waals surface area contributed by atoms with Gasteiger partial charge in [0, 0.05) is 39.4 Å². The van der Waals surface area contributed by atoms with Gasteiger partial charge < -0.3 is 20.7 Å². The molecule has 0 aliphatic rings. The number of guanidine groups is 1. The molecule has 1 aromatic rings. The maximum absolute atomic E-state index is 11.7. The standard InChI is InChI=1S/C20H34N4O2/c1-6-26-18(15(2)3)11-13-24-20(22-5)23-12-10-16-8-7-9-17(14-16)19(25)21-4/h7-9,14-15,18H,6,10-13H2,1-5H3,(H,21,25)(H2,22,23,24). The SMILES string of the molecule is CCOC(CCNC(=NC)NCCc1cccc(C(=O)NC)c1)C(C)C. The topological polar surface area (TPSA) is 74.8 Å². The van der Waals surface area contributed by atoms with Gasteiger partial charge in [0.05, 0.1) is 6.10 Å². The molecule has 1 rings (SSSR count). The number of ether oxygens (including phenoxy) is 1. The molecule has 6 nitrogen and oxygen atoms in total. The number of carbonyl (C=O) groups is 1. The summed E-state index contributed by atoms with van der Waals surface area (Å²) in [7, 11) is 3.41. The number of hydrogen-bond acceptors (Lipinski definition) is 3. The fourth-order valence-corrected chi connectivity index (χ4v) is 2.71. The first-order chi connectivity index (χ1) is 12.5. The Morgan fingerprint density at radius 3 is 2.58 bits per heavy atom. The summed E-state index contributed by atoms with van der Waals surface area (Å²) in [6, 6.07) is 7.68. The molecule has 6 heteroatoms. The van der Waals surface area contributed by atoms with Crippen molar-refractivity contribution >= 4 is 11.9 Å². The minimum absolute atomic E-state index is 0.0636. The van der Waals surface area contributed by atoms with Crippen LogP contribution in [-0.4, -0.2) is 51.8 Å². The lowest BCUT2D eigenvalue weighted by Gasteiger charge is -2.21. The summed E-state index contributed by atoms with van der Waals surface area (Å²) in [5.41, 5.74) is 1.80. The molecule has 0 heterocycles. The van der Waals surface area contributed by atoms with Crippen molar-refractivity contribution in [1.82, 2.24) is 16.0 Å². The minimum Gasteiger partial charge on any atom is -0.378 e. The maximum atomic E-state index is 11.7. The first-order valence-electron chi connectivity index (χ1n) is 9.38. The molecule has 1 amide bonds. The van der Waals surface area contributed by atoms with Gasteiger partial charge in [0.2, 0.25) is 0 Å². The summed E-state index contributed by atoms with van der Waals surface area (Å²) < 4.78 is 5.76. The van der Waals surface area contributed by atoms with Gasteiger partial charge in [-0.1, -0.05) is 26.0 Å². The van der Waals surface area contributed by atoms with E-state index in [1.807, 2.05) is 31.2 Å². The van der Waals surface area contributed by atoms with Crippen molar-refractivity contribution in [3.63, 3.8) is 0 Å². The Balaban J connectivity index is 2.39. The van der Waals surface area contributed by atoms with Crippen LogP contribution < -0.4 is 16.0 Å². The van der Waals surface area contributed by atoms with Crippen molar-refractivity contribution in [1.29, 1.82) is 0 Å². The molecule has 0 spiro atoms. The summed E-state index contributed by atoms with van der Waals surface area (Å²) in [6.45, 7) is 8.69. The normalized spacial score (nSPS) is 12.8. The zero-order valence-corrected chi connectivity index (χ0v) is 16.8. The first-order valence-corrected chi connectivity index (χ1v) is 9.38. The van der Waals surface area contributed by atoms with Crippen LogP contribution in [0.4, 0.5) is 0 Å². The van der Waals surface area contributed by atoms with Gasteiger partial charge >= 0.3 is 0 Å². The van der Waals surface area contributed by atoms with Gasteiger partial charge in [-0.3, -0.25) is 9.79 Å². The molecule has 26 heavy (non-hydrogen) atoms. The molecule has 0 bridgehead atoms. The Kier molecular flexibility index (Phi) is 10.4. The van der Waals surface area contributed by atoms with E-state index in [4.69, 9.17) is 4.74 Å². The van der Waals surface area contributed by atoms with Crippen LogP contribution in [0, 0.1) is 5.92 Å². The fraction of sp³-hybridized carbons (Fsp3) is 0.600. The molecule has 1 unspecified atom stereocenters. The van der Waals surface area contributed by atoms with Gasteiger partial charge in [-0.25, -0.2) is 0 Å². The second kappa shape index (κ2) is 12.3. The van der Waals surface area contributed by atoms with Gasteiger partial charge in [0.1, 0.15) is 0 Å². The van der Waals surface area contributed by atoms with E-state index in [1.165, 1.54) is 0 Å². The van der Waals surface area contributed by atoms with Crippen molar-refractivity contribution < 1.29 is 9.53 Å². The highest BCUT2D eigenvalue weighted by atomic mass is 16.5. The second-order valence-electron chi connectivity index (χ2n) is 6.48. The minimum atomic E-state index is -0.0636. The molecule has 0 fully saturated rings. The number of nitrogens with one attached hydrogen (secondary N) is 3. The van der Waals surface area contributed by atoms with E-state index in [0.29, 0.717) is 11.5 Å². The van der Waals surface area contributed by atoms with Crippen LogP contribution in [0.2, 0.25) is 0 Å². The van der Waals surface area contributed by atoms with E-state index < -0.39 is 0 Å². The quantitative estimate of drug-likeness (QED) is 0.441. The Morgan fingerprint density at radius 2 is 1.96 bits per heavy atom. The molecular formula is C20H34N4O2. The number of aliphatic imine (C=N–C) groups is 1. The number of carbonyl (C=O) groups excluding carboxylic acids is 1. The molecule has 0 aliphatic carbocycles. The number of nitrogens with zero attached hydrogens (tertiary/aromatic N) is 1. The van der Waals surface area contributed by atoms with Gasteiger partial charge in [-0.2, -0.15) is 0 Å². The van der Waals surface area contributed by atoms with Crippen molar-refractivity contribution in [2.24, 2.45) is 10.9 Å². The Hall–Kier alpha value is -2.08. The van der Waals surface area contributed by atoms with Crippen LogP contribution in [0.15, 0.2) is 29.3 Å². The number of benzene rings is 1. The lowest BCUT2D eigenvalue weighted by molar-refractivity contribution is 0.0258. The van der Waals surface area contributed by atoms with E-state index in [2.05, 4.69) is 34.8 Å². The fourth-order valence-electron chi connectivity index (χ4n) is 2.71. The molecule has 3 N–H and O–H groups in total. The average Bonchev–Trinajstić information content (AvgIpc) is 2.65. The molecule has 1 atom stereocenters. The Morgan fingerprint density at radius 1 is 1.23 bits per heavy atom. The third kappa shape index (κ3) is 7.87. The number of rotatable bonds is 10. The largest absolute Gasteiger partial charge is 0.378 e. The molecular weight excluding hydrogens is 328 g/mol. The smallest absolute Gasteiger partial charge is 0.251 e. The maximum Gasteiger partial charge on any atom is 0.251 e. The zero-order valence-electron chi connectivity index (χ0n) is 16.8. The van der Waals surface area contributed by atoms with E-state index in [0.717, 1.165) is 44.1 Å². The summed E-state index contributed by atoms with van der Waals surface area (Å²) in [5.74, 6) is 1.22. The summed E-state index contributed by atoms with van der Waals surface area (Å²) in [6.07, 6.45) is 2.03. The Bertz CT molecular complexity index is 573. The summed E-state index contributed by atoms with van der Waals surface area (Å²) in [5, 5.41) is 9.29. The Labute approximate surface area is 157 Å². The highest BCUT2D eigenvalue weighted by Crippen LogP contribution is 2.10. The van der Waals surface area contributed by atoms with Crippen LogP contribution in [-0.2, 0) is 11.2 Å². The number of hydrogen-bond donors (Lipinski definition) is 3. The van der Waals surface area contributed by atoms with E-state index in [1.54, 1.807) is 14.1 Å². The van der Waals surface area contributed by atoms with Gasteiger partial charge in [0.25, 0.3) is 5.91 Å². The van der Waals surface area contributed by atoms with Crippen LogP contribution in [0.1, 0.15) is 43.1 Å². The molecule has 146 valence electrons. The molecule has 0 aliphatic heterocycles. The van der Waals surface area contributed by atoms with Crippen LogP contribution >= 0.6 is 0 Å². The zero-order chi connectivity index (χ0) is 19.4. The van der Waals surface area contributed by atoms with Crippen molar-refractivity contribution in [2.45, 2.75) is 39.7 Å². The van der Waals surface area contributed by atoms with Gasteiger partial charge in [0.15, 0.2) is 5.96 Å². The lowest BCUT2D eigenvalue weighted by atomic mass is 10.0. The van der Waals surface area contributed by atoms with E-state index >= 15 is 0 Å². The molecule has 0 radical (unpaired) electrons. The monoisotopic (exact) mass is 362 g/mol. The predicted molar refractivity (Wildman–Crippen MR) is 108 cm³/mol. The lowest BCUT2D eigenvalue weighted by Crippen LogP contribution is -2.40. The van der Waals surface area contributed by atoms with Crippen molar-refractivity contribution in [3.05, 3.63) is 35.4 Å². The summed E-state index contributed by atoms with van der Waals surface area (Å²) in [4.78, 5) is 16.0. The number of amides is 1. The first kappa shape index (κ1) is 22.0. The second-order valence-corrected chi connectivity index (χ2v) is 6.48. The third-order valence-corrected chi connectivity index (χ3v) is 4.19. The van der Waals surface area contributed by atoms with Crippen molar-refractivity contribution in [3.8, 4) is 0 Å². The highest BCUT2D eigenvalue weighted by molar-refractivity contribution is 5.94. The van der Waals surface area contributed by atoms with E-state index in [9.17, 15) is 4.79 Å². The summed E-state index contributed by atoms with van der Waals surface area (Å²) >= 11 is 0. The van der Waals surface area contributed by atoms with Gasteiger partial charge in [-0.05, 0) is 43.4 Å². The van der Waals surface area contributed by atoms with E-state index in [-0.39, 0.29) is 12.0 Å². The van der Waals surface area contributed by atoms with Crippen LogP contribution in [0.3, 0.4) is 0 Å². The van der Waals surface area contributed by atoms with Crippen LogP contribution in [0.5, 0.6) is 0 Å². The third-order valence-electron chi connectivity index (χ3n) is 4.19. The predicted octanol–water partition coefficient (Wildman–Crippen LogP) is 2.20. The average molecular weight is 363 g/mol. The molecule has 0 saturated carbocycles.